The molecule has 1 aliphatic carbocycles. The predicted octanol–water partition coefficient (Wildman–Crippen LogP) is 3.78. The first-order valence-corrected chi connectivity index (χ1v) is 10.7. The number of hydrogen-bond acceptors (Lipinski definition) is 5. The second-order valence-corrected chi connectivity index (χ2v) is 8.72. The molecule has 154 valence electrons. The summed E-state index contributed by atoms with van der Waals surface area (Å²) in [4.78, 5) is 38.4. The van der Waals surface area contributed by atoms with E-state index in [-0.39, 0.29) is 25.0 Å². The molecule has 1 N–H and O–H groups in total. The van der Waals surface area contributed by atoms with Crippen molar-refractivity contribution in [3.8, 4) is 0 Å². The van der Waals surface area contributed by atoms with Crippen molar-refractivity contribution in [1.82, 2.24) is 10.2 Å². The van der Waals surface area contributed by atoms with Crippen LogP contribution in [0.4, 0.5) is 4.79 Å². The molecule has 3 amide bonds. The van der Waals surface area contributed by atoms with Crippen LogP contribution < -0.4 is 5.32 Å². The minimum atomic E-state index is -0.863. The van der Waals surface area contributed by atoms with E-state index in [1.54, 1.807) is 0 Å². The van der Waals surface area contributed by atoms with Gasteiger partial charge in [0.25, 0.3) is 5.91 Å². The topological polar surface area (TPSA) is 88.8 Å². The average molecular weight is 463 g/mol. The Hall–Kier alpha value is -2.35. The van der Waals surface area contributed by atoms with E-state index in [0.717, 1.165) is 39.6 Å². The van der Waals surface area contributed by atoms with E-state index in [1.165, 1.54) is 0 Å². The van der Waals surface area contributed by atoms with Crippen LogP contribution in [0.1, 0.15) is 38.4 Å². The number of ether oxygens (including phenoxy) is 1. The molecule has 1 spiro atoms. The molecule has 2 heterocycles. The van der Waals surface area contributed by atoms with Gasteiger partial charge in [0, 0.05) is 16.3 Å². The molecule has 4 rings (SSSR count). The highest BCUT2D eigenvalue weighted by Crippen LogP contribution is 2.38. The van der Waals surface area contributed by atoms with E-state index in [9.17, 15) is 14.4 Å². The van der Waals surface area contributed by atoms with Crippen LogP contribution >= 0.6 is 15.9 Å². The number of urea groups is 1. The molecule has 1 aliphatic heterocycles. The van der Waals surface area contributed by atoms with Gasteiger partial charge in [-0.2, -0.15) is 0 Å². The van der Waals surface area contributed by atoms with Gasteiger partial charge >= 0.3 is 12.0 Å². The number of carbonyl (C=O) groups is 3. The highest BCUT2D eigenvalue weighted by atomic mass is 79.9. The standard InChI is InChI=1S/C21H23BrN2O5/c1-13-4-2-3-8-21(13)19(26)24(20(27)23-21)12-18(25)28-9-7-16-11-14-10-15(22)5-6-17(14)29-16/h5-6,10-11,13H,2-4,7-9,12H2,1H3,(H,23,27)/t13-,21-/m0/s1. The van der Waals surface area contributed by atoms with Gasteiger partial charge in [-0.15, -0.1) is 0 Å². The lowest BCUT2D eigenvalue weighted by Gasteiger charge is -2.36. The molecular formula is C21H23BrN2O5. The van der Waals surface area contributed by atoms with Crippen LogP contribution in [0.2, 0.25) is 0 Å². The number of furan rings is 1. The number of carbonyl (C=O) groups excluding carboxylic acids is 3. The summed E-state index contributed by atoms with van der Waals surface area (Å²) in [5, 5.41) is 3.80. The van der Waals surface area contributed by atoms with Gasteiger partial charge in [-0.3, -0.25) is 14.5 Å². The van der Waals surface area contributed by atoms with Gasteiger partial charge in [-0.25, -0.2) is 4.79 Å². The molecule has 2 aliphatic rings. The third kappa shape index (κ3) is 3.77. The number of esters is 1. The first-order valence-electron chi connectivity index (χ1n) is 9.87. The van der Waals surface area contributed by atoms with Crippen molar-refractivity contribution in [3.63, 3.8) is 0 Å². The minimum Gasteiger partial charge on any atom is -0.464 e. The fraction of sp³-hybridized carbons (Fsp3) is 0.476. The van der Waals surface area contributed by atoms with Crippen molar-refractivity contribution in [2.24, 2.45) is 5.92 Å². The number of rotatable bonds is 5. The number of fused-ring (bicyclic) bond motifs is 1. The number of benzene rings is 1. The highest BCUT2D eigenvalue weighted by molar-refractivity contribution is 9.10. The van der Waals surface area contributed by atoms with E-state index in [2.05, 4.69) is 21.2 Å². The molecule has 0 bridgehead atoms. The Morgan fingerprint density at radius 3 is 2.97 bits per heavy atom. The second-order valence-electron chi connectivity index (χ2n) is 7.80. The van der Waals surface area contributed by atoms with Crippen molar-refractivity contribution < 1.29 is 23.5 Å². The molecule has 29 heavy (non-hydrogen) atoms. The first kappa shape index (κ1) is 19.9. The van der Waals surface area contributed by atoms with Gasteiger partial charge < -0.3 is 14.5 Å². The number of amides is 3. The third-order valence-corrected chi connectivity index (χ3v) is 6.42. The molecule has 2 atom stereocenters. The summed E-state index contributed by atoms with van der Waals surface area (Å²) < 4.78 is 11.9. The van der Waals surface area contributed by atoms with Crippen LogP contribution in [0.25, 0.3) is 11.0 Å². The number of hydrogen-bond donors (Lipinski definition) is 1. The van der Waals surface area contributed by atoms with E-state index in [0.29, 0.717) is 18.6 Å². The lowest BCUT2D eigenvalue weighted by atomic mass is 9.73. The van der Waals surface area contributed by atoms with Crippen LogP contribution in [-0.2, 0) is 20.7 Å². The number of halogens is 1. The number of nitrogens with one attached hydrogen (secondary N) is 1. The Morgan fingerprint density at radius 2 is 2.17 bits per heavy atom. The van der Waals surface area contributed by atoms with E-state index >= 15 is 0 Å². The van der Waals surface area contributed by atoms with E-state index < -0.39 is 17.5 Å². The van der Waals surface area contributed by atoms with Gasteiger partial charge in [-0.1, -0.05) is 35.7 Å². The highest BCUT2D eigenvalue weighted by Gasteiger charge is 2.55. The molecule has 2 aromatic rings. The zero-order valence-corrected chi connectivity index (χ0v) is 17.8. The largest absolute Gasteiger partial charge is 0.464 e. The fourth-order valence-corrected chi connectivity index (χ4v) is 4.65. The van der Waals surface area contributed by atoms with Gasteiger partial charge in [0.1, 0.15) is 23.4 Å². The maximum Gasteiger partial charge on any atom is 0.326 e. The Bertz CT molecular complexity index is 971. The Labute approximate surface area is 176 Å². The molecule has 1 saturated heterocycles. The van der Waals surface area contributed by atoms with Gasteiger partial charge in [0.15, 0.2) is 0 Å². The van der Waals surface area contributed by atoms with Crippen LogP contribution in [0.15, 0.2) is 33.2 Å². The lowest BCUT2D eigenvalue weighted by molar-refractivity contribution is -0.148. The van der Waals surface area contributed by atoms with Gasteiger partial charge in [0.05, 0.1) is 6.61 Å². The quantitative estimate of drug-likeness (QED) is 0.539. The smallest absolute Gasteiger partial charge is 0.326 e. The molecule has 8 heteroatoms. The van der Waals surface area contributed by atoms with Crippen LogP contribution in [-0.4, -0.2) is 41.5 Å². The van der Waals surface area contributed by atoms with Crippen LogP contribution in [0.3, 0.4) is 0 Å². The van der Waals surface area contributed by atoms with E-state index in [4.69, 9.17) is 9.15 Å². The average Bonchev–Trinajstić information content (AvgIpc) is 3.18. The Morgan fingerprint density at radius 1 is 1.34 bits per heavy atom. The normalized spacial score (nSPS) is 24.3. The lowest BCUT2D eigenvalue weighted by Crippen LogP contribution is -2.54. The summed E-state index contributed by atoms with van der Waals surface area (Å²) in [6.45, 7) is 1.72. The SMILES string of the molecule is C[C@H]1CCCC[C@]12NC(=O)N(CC(=O)OCCc1cc3cc(Br)ccc3o1)C2=O. The summed E-state index contributed by atoms with van der Waals surface area (Å²) in [5.41, 5.74) is -0.0983. The van der Waals surface area contributed by atoms with Gasteiger partial charge in [-0.05, 0) is 43.0 Å². The number of imide groups is 1. The Balaban J connectivity index is 1.32. The molecule has 2 fully saturated rings. The van der Waals surface area contributed by atoms with Crippen LogP contribution in [0.5, 0.6) is 0 Å². The predicted molar refractivity (Wildman–Crippen MR) is 109 cm³/mol. The summed E-state index contributed by atoms with van der Waals surface area (Å²) in [5.74, 6) is -0.153. The number of nitrogens with zero attached hydrogens (tertiary/aromatic N) is 1. The van der Waals surface area contributed by atoms with Crippen molar-refractivity contribution in [2.45, 2.75) is 44.6 Å². The molecule has 1 aromatic carbocycles. The zero-order valence-electron chi connectivity index (χ0n) is 16.2. The molecule has 1 aromatic heterocycles. The van der Waals surface area contributed by atoms with Crippen molar-refractivity contribution in [3.05, 3.63) is 34.5 Å². The summed E-state index contributed by atoms with van der Waals surface area (Å²) >= 11 is 3.42. The molecular weight excluding hydrogens is 440 g/mol. The Kier molecular flexibility index (Phi) is 5.38. The summed E-state index contributed by atoms with van der Waals surface area (Å²) in [6, 6.07) is 7.11. The molecule has 1 saturated carbocycles. The third-order valence-electron chi connectivity index (χ3n) is 5.93. The van der Waals surface area contributed by atoms with Gasteiger partial charge in [0.2, 0.25) is 0 Å². The molecule has 0 radical (unpaired) electrons. The maximum atomic E-state index is 12.9. The molecule has 0 unspecified atom stereocenters. The first-order chi connectivity index (χ1) is 13.9. The van der Waals surface area contributed by atoms with Crippen LogP contribution in [0, 0.1) is 5.92 Å². The summed E-state index contributed by atoms with van der Waals surface area (Å²) in [7, 11) is 0. The fourth-order valence-electron chi connectivity index (χ4n) is 4.27. The zero-order chi connectivity index (χ0) is 20.6. The van der Waals surface area contributed by atoms with Crippen molar-refractivity contribution >= 4 is 44.8 Å². The second kappa shape index (κ2) is 7.82. The summed E-state index contributed by atoms with van der Waals surface area (Å²) in [6.07, 6.45) is 3.86. The minimum absolute atomic E-state index is 0.0573. The van der Waals surface area contributed by atoms with E-state index in [1.807, 2.05) is 31.2 Å². The van der Waals surface area contributed by atoms with Crippen molar-refractivity contribution in [1.29, 1.82) is 0 Å². The van der Waals surface area contributed by atoms with Crippen molar-refractivity contribution in [2.75, 3.05) is 13.2 Å². The maximum absolute atomic E-state index is 12.9. The monoisotopic (exact) mass is 462 g/mol. The molecule has 7 nitrogen and oxygen atoms in total.